The number of rotatable bonds is 7. The maximum Gasteiger partial charge on any atom is 0.104 e. The molecule has 1 unspecified atom stereocenters. The Labute approximate surface area is 124 Å². The van der Waals surface area contributed by atoms with E-state index in [2.05, 4.69) is 17.5 Å². The lowest BCUT2D eigenvalue weighted by molar-refractivity contribution is 0.412. The summed E-state index contributed by atoms with van der Waals surface area (Å²) in [7, 11) is 0. The van der Waals surface area contributed by atoms with Crippen LogP contribution >= 0.6 is 23.4 Å². The van der Waals surface area contributed by atoms with Crippen molar-refractivity contribution < 1.29 is 0 Å². The van der Waals surface area contributed by atoms with E-state index in [4.69, 9.17) is 11.6 Å². The quantitative estimate of drug-likeness (QED) is 0.603. The molecule has 2 rings (SSSR count). The third-order valence-electron chi connectivity index (χ3n) is 3.23. The number of hydrogen-bond acceptors (Lipinski definition) is 3. The first-order chi connectivity index (χ1) is 9.11. The molecule has 1 fully saturated rings. The van der Waals surface area contributed by atoms with Gasteiger partial charge in [-0.3, -0.25) is 5.32 Å². The zero-order chi connectivity index (χ0) is 13.7. The molecule has 1 aromatic rings. The summed E-state index contributed by atoms with van der Waals surface area (Å²) in [5, 5.41) is 13.5. The summed E-state index contributed by atoms with van der Waals surface area (Å²) in [5.41, 5.74) is -0.365. The van der Waals surface area contributed by atoms with E-state index in [0.29, 0.717) is 6.04 Å². The van der Waals surface area contributed by atoms with Gasteiger partial charge in [0.25, 0.3) is 0 Å². The molecule has 0 radical (unpaired) electrons. The first-order valence-electron chi connectivity index (χ1n) is 6.69. The van der Waals surface area contributed by atoms with Crippen molar-refractivity contribution in [2.75, 3.05) is 5.75 Å². The summed E-state index contributed by atoms with van der Waals surface area (Å²) in [5.74, 6) is 1.02. The van der Waals surface area contributed by atoms with Crippen molar-refractivity contribution in [2.24, 2.45) is 0 Å². The van der Waals surface area contributed by atoms with E-state index in [1.807, 2.05) is 25.1 Å². The van der Waals surface area contributed by atoms with Crippen LogP contribution in [0.1, 0.15) is 32.6 Å². The lowest BCUT2D eigenvalue weighted by Crippen LogP contribution is -2.42. The van der Waals surface area contributed by atoms with E-state index >= 15 is 0 Å². The van der Waals surface area contributed by atoms with Crippen LogP contribution in [0, 0.1) is 11.3 Å². The highest BCUT2D eigenvalue weighted by Gasteiger charge is 2.31. The van der Waals surface area contributed by atoms with Crippen LogP contribution in [0.5, 0.6) is 0 Å². The van der Waals surface area contributed by atoms with Crippen molar-refractivity contribution in [3.63, 3.8) is 0 Å². The average Bonchev–Trinajstić information content (AvgIpc) is 3.19. The summed E-state index contributed by atoms with van der Waals surface area (Å²) >= 11 is 7.75. The zero-order valence-corrected chi connectivity index (χ0v) is 12.7. The standard InChI is InChI=1S/C15H19ClN2S/c1-15(11-17,18-13-6-7-13)8-3-9-19-14-5-2-4-12(16)10-14/h2,4-5,10,13,18H,3,6-9H2,1H3. The summed E-state index contributed by atoms with van der Waals surface area (Å²) in [6, 6.07) is 10.9. The smallest absolute Gasteiger partial charge is 0.104 e. The zero-order valence-electron chi connectivity index (χ0n) is 11.2. The highest BCUT2D eigenvalue weighted by atomic mass is 35.5. The Morgan fingerprint density at radius 2 is 2.32 bits per heavy atom. The lowest BCUT2D eigenvalue weighted by Gasteiger charge is -2.23. The van der Waals surface area contributed by atoms with Crippen molar-refractivity contribution in [2.45, 2.75) is 49.1 Å². The highest BCUT2D eigenvalue weighted by molar-refractivity contribution is 7.99. The van der Waals surface area contributed by atoms with Crippen LogP contribution in [0.15, 0.2) is 29.2 Å². The van der Waals surface area contributed by atoms with Crippen molar-refractivity contribution >= 4 is 23.4 Å². The van der Waals surface area contributed by atoms with E-state index in [0.717, 1.165) is 23.6 Å². The van der Waals surface area contributed by atoms with Gasteiger partial charge in [-0.15, -0.1) is 11.8 Å². The summed E-state index contributed by atoms with van der Waals surface area (Å²) in [4.78, 5) is 1.20. The fourth-order valence-corrected chi connectivity index (χ4v) is 3.18. The summed E-state index contributed by atoms with van der Waals surface area (Å²) in [6.07, 6.45) is 4.36. The second-order valence-corrected chi connectivity index (χ2v) is 6.88. The van der Waals surface area contributed by atoms with Gasteiger partial charge in [0.15, 0.2) is 0 Å². The predicted molar refractivity (Wildman–Crippen MR) is 81.6 cm³/mol. The molecule has 1 saturated carbocycles. The molecule has 0 heterocycles. The van der Waals surface area contributed by atoms with Crippen molar-refractivity contribution in [3.8, 4) is 6.07 Å². The third kappa shape index (κ3) is 5.06. The monoisotopic (exact) mass is 294 g/mol. The second-order valence-electron chi connectivity index (χ2n) is 5.27. The Kier molecular flexibility index (Phi) is 5.15. The SMILES string of the molecule is CC(C#N)(CCCSc1cccc(Cl)c1)NC1CC1. The van der Waals surface area contributed by atoms with E-state index in [1.54, 1.807) is 11.8 Å². The minimum absolute atomic E-state index is 0.365. The Morgan fingerprint density at radius 3 is 2.95 bits per heavy atom. The van der Waals surface area contributed by atoms with Gasteiger partial charge in [-0.2, -0.15) is 5.26 Å². The van der Waals surface area contributed by atoms with Crippen molar-refractivity contribution in [1.29, 1.82) is 5.26 Å². The van der Waals surface area contributed by atoms with E-state index in [1.165, 1.54) is 17.7 Å². The van der Waals surface area contributed by atoms with Crippen LogP contribution < -0.4 is 5.32 Å². The predicted octanol–water partition coefficient (Wildman–Crippen LogP) is 4.25. The Hall–Kier alpha value is -0.690. The molecule has 4 heteroatoms. The van der Waals surface area contributed by atoms with Crippen LogP contribution in [0.2, 0.25) is 5.02 Å². The van der Waals surface area contributed by atoms with Gasteiger partial charge in [-0.25, -0.2) is 0 Å². The fourth-order valence-electron chi connectivity index (χ4n) is 2.01. The van der Waals surface area contributed by atoms with Gasteiger partial charge in [-0.1, -0.05) is 17.7 Å². The molecule has 2 nitrogen and oxygen atoms in total. The number of nitrogens with one attached hydrogen (secondary N) is 1. The Balaban J connectivity index is 1.72. The van der Waals surface area contributed by atoms with Gasteiger partial charge in [0.2, 0.25) is 0 Å². The van der Waals surface area contributed by atoms with E-state index in [-0.39, 0.29) is 5.54 Å². The summed E-state index contributed by atoms with van der Waals surface area (Å²) < 4.78 is 0. The molecule has 0 saturated heterocycles. The molecule has 1 atom stereocenters. The number of hydrogen-bond donors (Lipinski definition) is 1. The van der Waals surface area contributed by atoms with E-state index < -0.39 is 0 Å². The molecule has 19 heavy (non-hydrogen) atoms. The summed E-state index contributed by atoms with van der Waals surface area (Å²) in [6.45, 7) is 2.01. The number of thioether (sulfide) groups is 1. The Bertz CT molecular complexity index is 467. The lowest BCUT2D eigenvalue weighted by atomic mass is 9.98. The number of benzene rings is 1. The molecule has 1 aromatic carbocycles. The molecule has 0 aromatic heterocycles. The van der Waals surface area contributed by atoms with Gasteiger partial charge in [-0.05, 0) is 56.6 Å². The maximum atomic E-state index is 9.28. The van der Waals surface area contributed by atoms with Gasteiger partial charge >= 0.3 is 0 Å². The van der Waals surface area contributed by atoms with Gasteiger partial charge in [0.1, 0.15) is 5.54 Å². The first-order valence-corrected chi connectivity index (χ1v) is 8.05. The van der Waals surface area contributed by atoms with E-state index in [9.17, 15) is 5.26 Å². The minimum atomic E-state index is -0.365. The highest BCUT2D eigenvalue weighted by Crippen LogP contribution is 2.26. The molecule has 0 amide bonds. The van der Waals surface area contributed by atoms with Gasteiger partial charge in [0, 0.05) is 16.0 Å². The van der Waals surface area contributed by atoms with Gasteiger partial charge in [0.05, 0.1) is 6.07 Å². The molecule has 1 aliphatic carbocycles. The number of nitrogens with zero attached hydrogens (tertiary/aromatic N) is 1. The molecular weight excluding hydrogens is 276 g/mol. The maximum absolute atomic E-state index is 9.28. The normalized spacial score (nSPS) is 17.7. The minimum Gasteiger partial charge on any atom is -0.297 e. The molecule has 0 aliphatic heterocycles. The van der Waals surface area contributed by atoms with Gasteiger partial charge < -0.3 is 0 Å². The molecule has 0 spiro atoms. The molecular formula is C15H19ClN2S. The third-order valence-corrected chi connectivity index (χ3v) is 4.55. The van der Waals surface area contributed by atoms with Crippen molar-refractivity contribution in [3.05, 3.63) is 29.3 Å². The number of halogens is 1. The van der Waals surface area contributed by atoms with Crippen LogP contribution in [-0.4, -0.2) is 17.3 Å². The van der Waals surface area contributed by atoms with Crippen LogP contribution in [0.3, 0.4) is 0 Å². The topological polar surface area (TPSA) is 35.8 Å². The van der Waals surface area contributed by atoms with Crippen LogP contribution in [0.25, 0.3) is 0 Å². The second kappa shape index (κ2) is 6.65. The largest absolute Gasteiger partial charge is 0.297 e. The van der Waals surface area contributed by atoms with Crippen molar-refractivity contribution in [1.82, 2.24) is 5.32 Å². The van der Waals surface area contributed by atoms with Crippen LogP contribution in [0.4, 0.5) is 0 Å². The molecule has 0 bridgehead atoms. The first kappa shape index (κ1) is 14.7. The molecule has 1 N–H and O–H groups in total. The average molecular weight is 295 g/mol. The Morgan fingerprint density at radius 1 is 1.53 bits per heavy atom. The fraction of sp³-hybridized carbons (Fsp3) is 0.533. The molecule has 1 aliphatic rings. The molecule has 102 valence electrons. The van der Waals surface area contributed by atoms with Crippen LogP contribution in [-0.2, 0) is 0 Å². The number of nitriles is 1.